The van der Waals surface area contributed by atoms with Crippen LogP contribution in [0.25, 0.3) is 0 Å². The van der Waals surface area contributed by atoms with Crippen molar-refractivity contribution >= 4 is 63.0 Å². The molecule has 1 atom stereocenters. The predicted octanol–water partition coefficient (Wildman–Crippen LogP) is 3.44. The van der Waals surface area contributed by atoms with Crippen LogP contribution in [0.1, 0.15) is 69.1 Å². The van der Waals surface area contributed by atoms with Crippen molar-refractivity contribution in [1.82, 2.24) is 19.4 Å². The number of hydrogen-bond donors (Lipinski definition) is 1. The van der Waals surface area contributed by atoms with Gasteiger partial charge >= 0.3 is 10.2 Å². The number of amides is 1. The van der Waals surface area contributed by atoms with Gasteiger partial charge in [-0.2, -0.15) is 13.5 Å². The third-order valence-corrected chi connectivity index (χ3v) is 8.19. The number of aromatic nitrogens is 2. The van der Waals surface area contributed by atoms with Crippen molar-refractivity contribution in [1.29, 1.82) is 0 Å². The summed E-state index contributed by atoms with van der Waals surface area (Å²) >= 11 is 6.49. The summed E-state index contributed by atoms with van der Waals surface area (Å²) in [7, 11) is -0.427. The van der Waals surface area contributed by atoms with Crippen molar-refractivity contribution in [2.24, 2.45) is 7.05 Å². The first-order valence-electron chi connectivity index (χ1n) is 11.7. The Morgan fingerprint density at radius 1 is 1.23 bits per heavy atom. The van der Waals surface area contributed by atoms with E-state index in [0.29, 0.717) is 10.7 Å². The van der Waals surface area contributed by atoms with Gasteiger partial charge in [0.1, 0.15) is 0 Å². The van der Waals surface area contributed by atoms with Gasteiger partial charge < -0.3 is 4.90 Å². The molecule has 1 aromatic carbocycles. The fraction of sp³-hybridized carbons (Fsp3) is 0.583. The minimum absolute atomic E-state index is 0. The first-order chi connectivity index (χ1) is 15.9. The Morgan fingerprint density at radius 2 is 1.91 bits per heavy atom. The van der Waals surface area contributed by atoms with Crippen molar-refractivity contribution in [3.05, 3.63) is 46.2 Å². The Morgan fingerprint density at radius 3 is 2.43 bits per heavy atom. The second-order valence-electron chi connectivity index (χ2n) is 9.73. The van der Waals surface area contributed by atoms with E-state index in [2.05, 4.69) is 14.7 Å². The fourth-order valence-corrected chi connectivity index (χ4v) is 6.30. The van der Waals surface area contributed by atoms with Gasteiger partial charge in [0.2, 0.25) is 5.91 Å². The third-order valence-electron chi connectivity index (χ3n) is 6.44. The molecule has 0 aliphatic carbocycles. The van der Waals surface area contributed by atoms with Gasteiger partial charge in [-0.15, -0.1) is 0 Å². The number of nitrogens with one attached hydrogen (secondary N) is 1. The molecule has 1 N–H and O–H groups in total. The molecule has 11 heteroatoms. The number of aryl methyl sites for hydroxylation is 1. The third kappa shape index (κ3) is 7.23. The monoisotopic (exact) mass is 532 g/mol. The molecule has 1 fully saturated rings. The first kappa shape index (κ1) is 30.1. The number of carbonyl (C=O) groups is 1. The van der Waals surface area contributed by atoms with Crippen LogP contribution in [0.3, 0.4) is 0 Å². The molecule has 0 bridgehead atoms. The van der Waals surface area contributed by atoms with Gasteiger partial charge in [0.05, 0.1) is 24.8 Å². The number of likely N-dealkylation sites (tertiary alicyclic amines) is 1. The number of rotatable bonds is 9. The molecule has 0 spiro atoms. The largest absolute Gasteiger partial charge is 0.326 e. The maximum Gasteiger partial charge on any atom is 0.326 e. The summed E-state index contributed by atoms with van der Waals surface area (Å²) in [5, 5.41) is 4.72. The topological polar surface area (TPSA) is 87.5 Å². The van der Waals surface area contributed by atoms with Crippen molar-refractivity contribution in [2.75, 3.05) is 24.4 Å². The molecule has 1 aromatic heterocycles. The van der Waals surface area contributed by atoms with Gasteiger partial charge in [-0.05, 0) is 61.0 Å². The molecule has 0 unspecified atom stereocenters. The summed E-state index contributed by atoms with van der Waals surface area (Å²) in [6.07, 6.45) is 4.99. The number of carbonyl (C=O) groups excluding carboxylic acids is 1. The molecule has 3 rings (SSSR count). The van der Waals surface area contributed by atoms with Crippen LogP contribution in [-0.2, 0) is 28.5 Å². The van der Waals surface area contributed by atoms with E-state index in [-0.39, 0.29) is 60.4 Å². The number of hydrogen-bond acceptors (Lipinski definition) is 5. The fourth-order valence-electron chi connectivity index (χ4n) is 4.69. The smallest absolute Gasteiger partial charge is 0.302 e. The Balaban J connectivity index is 0.00000432. The van der Waals surface area contributed by atoms with Crippen molar-refractivity contribution in [3.63, 3.8) is 0 Å². The number of halogens is 1. The van der Waals surface area contributed by atoms with Crippen LogP contribution in [0.5, 0.6) is 0 Å². The van der Waals surface area contributed by atoms with Crippen LogP contribution in [0.2, 0.25) is 5.02 Å². The van der Waals surface area contributed by atoms with E-state index in [0.717, 1.165) is 36.1 Å². The zero-order valence-electron chi connectivity index (χ0n) is 21.9. The second-order valence-corrected chi connectivity index (χ2v) is 11.7. The second kappa shape index (κ2) is 12.4. The number of anilines is 1. The molecule has 0 saturated carbocycles. The summed E-state index contributed by atoms with van der Waals surface area (Å²) in [6, 6.07) is 3.85. The van der Waals surface area contributed by atoms with Crippen molar-refractivity contribution in [3.8, 4) is 0 Å². The maximum absolute atomic E-state index is 13.5. The number of nitrogens with zero attached hydrogens (tertiary/aromatic N) is 4. The molecule has 35 heavy (non-hydrogen) atoms. The van der Waals surface area contributed by atoms with Gasteiger partial charge in [-0.3, -0.25) is 9.48 Å². The zero-order valence-corrected chi connectivity index (χ0v) is 25.4. The van der Waals surface area contributed by atoms with E-state index in [1.54, 1.807) is 17.9 Å². The van der Waals surface area contributed by atoms with Gasteiger partial charge in [-0.1, -0.05) is 45.4 Å². The molecule has 2 aromatic rings. The Bertz CT molecular complexity index is 1140. The van der Waals surface area contributed by atoms with E-state index in [4.69, 9.17) is 11.6 Å². The molecule has 1 aliphatic heterocycles. The normalized spacial score (nSPS) is 16.5. The standard InChI is InChI=1S/C24H36ClN5O3S.Na/c1-16(2)20-9-10-22(25)24(17(3)4)21(20)12-23(31)27-34(32,33)30(19-13-26-29(6)14-19)15-18-8-7-11-28(18)5;/h9-10,13-14,16-18H,7-8,11-12,15H2,1-6H3,(H,27,31);/t18-;/m0./s1. The zero-order chi connectivity index (χ0) is 25.2. The van der Waals surface area contributed by atoms with Crippen LogP contribution in [0.4, 0.5) is 5.69 Å². The van der Waals surface area contributed by atoms with Crippen LogP contribution >= 0.6 is 11.6 Å². The quantitative estimate of drug-likeness (QED) is 0.500. The minimum atomic E-state index is -4.15. The van der Waals surface area contributed by atoms with Gasteiger partial charge in [-0.25, -0.2) is 9.03 Å². The van der Waals surface area contributed by atoms with Crippen LogP contribution in [0, 0.1) is 0 Å². The summed E-state index contributed by atoms with van der Waals surface area (Å²) in [4.78, 5) is 15.3. The number of likely N-dealkylation sites (N-methyl/N-ethyl adjacent to an activating group) is 1. The average molecular weight is 533 g/mol. The molecule has 8 nitrogen and oxygen atoms in total. The summed E-state index contributed by atoms with van der Waals surface area (Å²) in [5.41, 5.74) is 3.11. The summed E-state index contributed by atoms with van der Waals surface area (Å²) in [6.45, 7) is 9.30. The Hall–Kier alpha value is -1.10. The SMILES string of the molecule is CC(C)c1ccc(Cl)c(C(C)C)c1CC(=O)NS(=O)(=O)N(C[C@@H]1CCCN1C)c1cnn(C)c1.[Na]. The Kier molecular flexibility index (Phi) is 10.7. The molecule has 1 amide bonds. The van der Waals surface area contributed by atoms with E-state index in [1.807, 2.05) is 46.9 Å². The van der Waals surface area contributed by atoms with Crippen molar-refractivity contribution < 1.29 is 13.2 Å². The number of benzene rings is 1. The molecule has 189 valence electrons. The average Bonchev–Trinajstić information content (AvgIpc) is 3.32. The van der Waals surface area contributed by atoms with E-state index in [9.17, 15) is 13.2 Å². The van der Waals surface area contributed by atoms with Gasteiger partial charge in [0.25, 0.3) is 0 Å². The predicted molar refractivity (Wildman–Crippen MR) is 142 cm³/mol. The van der Waals surface area contributed by atoms with E-state index < -0.39 is 16.1 Å². The summed E-state index contributed by atoms with van der Waals surface area (Å²) < 4.78 is 32.0. The van der Waals surface area contributed by atoms with Crippen molar-refractivity contribution in [2.45, 2.75) is 64.8 Å². The molecule has 1 saturated heterocycles. The minimum Gasteiger partial charge on any atom is -0.302 e. The van der Waals surface area contributed by atoms with E-state index in [1.165, 1.54) is 10.5 Å². The maximum atomic E-state index is 13.5. The molecular weight excluding hydrogens is 497 g/mol. The first-order valence-corrected chi connectivity index (χ1v) is 13.6. The van der Waals surface area contributed by atoms with Gasteiger partial charge in [0, 0.05) is 53.9 Å². The summed E-state index contributed by atoms with van der Waals surface area (Å²) in [5.74, 6) is -0.325. The van der Waals surface area contributed by atoms with Crippen LogP contribution in [0.15, 0.2) is 24.5 Å². The Labute approximate surface area is 236 Å². The van der Waals surface area contributed by atoms with Crippen LogP contribution < -0.4 is 9.03 Å². The molecule has 1 aliphatic rings. The molecule has 2 heterocycles. The van der Waals surface area contributed by atoms with Crippen LogP contribution in [-0.4, -0.2) is 84.7 Å². The van der Waals surface area contributed by atoms with Gasteiger partial charge in [0.15, 0.2) is 0 Å². The molecular formula is C24H36ClN5NaO3S. The molecule has 1 radical (unpaired) electrons. The van der Waals surface area contributed by atoms with E-state index >= 15 is 0 Å².